The number of pyridine rings is 1. The Hall–Kier alpha value is -0.980. The van der Waals surface area contributed by atoms with Gasteiger partial charge in [-0.05, 0) is 37.8 Å². The smallest absolute Gasteiger partial charge is 0.260 e. The van der Waals surface area contributed by atoms with Crippen LogP contribution >= 0.6 is 0 Å². The van der Waals surface area contributed by atoms with Crippen molar-refractivity contribution in [3.63, 3.8) is 0 Å². The summed E-state index contributed by atoms with van der Waals surface area (Å²) in [5, 5.41) is 0. The lowest BCUT2D eigenvalue weighted by molar-refractivity contribution is 0.277. The molecule has 0 radical (unpaired) electrons. The molecule has 1 saturated heterocycles. The minimum atomic E-state index is -3.42. The number of aromatic nitrogens is 1. The fourth-order valence-corrected chi connectivity index (χ4v) is 3.89. The van der Waals surface area contributed by atoms with Crippen molar-refractivity contribution in [2.45, 2.75) is 32.7 Å². The number of nitrogens with one attached hydrogen (secondary N) is 1. The maximum absolute atomic E-state index is 12.3. The van der Waals surface area contributed by atoms with Crippen LogP contribution < -0.4 is 4.72 Å². The third kappa shape index (κ3) is 3.75. The molecule has 1 aromatic rings. The topological polar surface area (TPSA) is 62.3 Å². The zero-order chi connectivity index (χ0) is 13.9. The fourth-order valence-electron chi connectivity index (χ4n) is 2.36. The first-order valence-corrected chi connectivity index (χ1v) is 8.11. The molecular formula is C13H21N3O2S. The van der Waals surface area contributed by atoms with Crippen molar-refractivity contribution in [1.82, 2.24) is 14.0 Å². The molecule has 106 valence electrons. The molecule has 5 nitrogen and oxygen atoms in total. The summed E-state index contributed by atoms with van der Waals surface area (Å²) in [6, 6.07) is 5.18. The van der Waals surface area contributed by atoms with Crippen LogP contribution in [0.4, 0.5) is 0 Å². The van der Waals surface area contributed by atoms with Gasteiger partial charge in [-0.2, -0.15) is 17.4 Å². The van der Waals surface area contributed by atoms with E-state index in [1.807, 2.05) is 25.1 Å². The van der Waals surface area contributed by atoms with Crippen LogP contribution in [0.3, 0.4) is 0 Å². The van der Waals surface area contributed by atoms with Crippen LogP contribution in [0.1, 0.15) is 38.4 Å². The summed E-state index contributed by atoms with van der Waals surface area (Å²) >= 11 is 0. The van der Waals surface area contributed by atoms with Gasteiger partial charge in [-0.1, -0.05) is 13.0 Å². The predicted molar refractivity (Wildman–Crippen MR) is 74.7 cm³/mol. The molecule has 2 atom stereocenters. The van der Waals surface area contributed by atoms with E-state index < -0.39 is 10.2 Å². The number of nitrogens with zero attached hydrogens (tertiary/aromatic N) is 2. The number of hydrogen-bond donors (Lipinski definition) is 1. The predicted octanol–water partition coefficient (Wildman–Crippen LogP) is 1.71. The lowest BCUT2D eigenvalue weighted by atomic mass is 10.0. The minimum Gasteiger partial charge on any atom is -0.260 e. The highest BCUT2D eigenvalue weighted by molar-refractivity contribution is 7.87. The first-order valence-electron chi connectivity index (χ1n) is 6.67. The quantitative estimate of drug-likeness (QED) is 0.915. The molecule has 0 saturated carbocycles. The van der Waals surface area contributed by atoms with Gasteiger partial charge in [0.1, 0.15) is 0 Å². The molecule has 0 amide bonds. The lowest BCUT2D eigenvalue weighted by Crippen LogP contribution is -2.46. The maximum atomic E-state index is 12.3. The van der Waals surface area contributed by atoms with Crippen molar-refractivity contribution in [2.24, 2.45) is 5.92 Å². The summed E-state index contributed by atoms with van der Waals surface area (Å²) in [5.74, 6) is 0.426. The average Bonchev–Trinajstić information content (AvgIpc) is 2.39. The van der Waals surface area contributed by atoms with E-state index in [4.69, 9.17) is 0 Å². The first-order chi connectivity index (χ1) is 8.99. The van der Waals surface area contributed by atoms with Crippen molar-refractivity contribution in [3.05, 3.63) is 30.1 Å². The van der Waals surface area contributed by atoms with Gasteiger partial charge in [0.05, 0.1) is 11.7 Å². The van der Waals surface area contributed by atoms with Gasteiger partial charge in [0.2, 0.25) is 0 Å². The second kappa shape index (κ2) is 5.98. The van der Waals surface area contributed by atoms with E-state index >= 15 is 0 Å². The molecule has 2 unspecified atom stereocenters. The third-order valence-electron chi connectivity index (χ3n) is 3.42. The Bertz CT molecular complexity index is 504. The molecule has 1 N–H and O–H groups in total. The highest BCUT2D eigenvalue weighted by atomic mass is 32.2. The second-order valence-electron chi connectivity index (χ2n) is 5.20. The summed E-state index contributed by atoms with van der Waals surface area (Å²) < 4.78 is 28.8. The van der Waals surface area contributed by atoms with E-state index in [0.29, 0.717) is 19.0 Å². The van der Waals surface area contributed by atoms with Gasteiger partial charge in [-0.25, -0.2) is 0 Å². The molecule has 1 aliphatic rings. The van der Waals surface area contributed by atoms with E-state index in [-0.39, 0.29) is 6.04 Å². The molecule has 0 aliphatic carbocycles. The largest absolute Gasteiger partial charge is 0.280 e. The summed E-state index contributed by atoms with van der Waals surface area (Å²) in [4.78, 5) is 4.18. The number of rotatable bonds is 4. The van der Waals surface area contributed by atoms with Crippen molar-refractivity contribution in [1.29, 1.82) is 0 Å². The molecule has 19 heavy (non-hydrogen) atoms. The molecule has 0 aromatic carbocycles. The Morgan fingerprint density at radius 3 is 2.89 bits per heavy atom. The van der Waals surface area contributed by atoms with E-state index in [2.05, 4.69) is 16.6 Å². The standard InChI is InChI=1S/C13H21N3O2S/c1-11-6-5-9-16(10-11)19(17,18)15-12(2)13-7-3-4-8-14-13/h3-4,7-8,11-12,15H,5-6,9-10H2,1-2H3. The molecule has 1 fully saturated rings. The number of piperidine rings is 1. The number of hydrogen-bond acceptors (Lipinski definition) is 3. The average molecular weight is 283 g/mol. The van der Waals surface area contributed by atoms with Crippen LogP contribution in [0.2, 0.25) is 0 Å². The zero-order valence-corrected chi connectivity index (χ0v) is 12.2. The summed E-state index contributed by atoms with van der Waals surface area (Å²) in [6.45, 7) is 5.11. The fraction of sp³-hybridized carbons (Fsp3) is 0.615. The Labute approximate surface area is 115 Å². The normalized spacial score (nSPS) is 23.2. The Morgan fingerprint density at radius 2 is 2.26 bits per heavy atom. The molecule has 1 aliphatic heterocycles. The second-order valence-corrected chi connectivity index (χ2v) is 6.91. The van der Waals surface area contributed by atoms with Crippen LogP contribution in [0.15, 0.2) is 24.4 Å². The molecular weight excluding hydrogens is 262 g/mol. The van der Waals surface area contributed by atoms with Crippen LogP contribution in [0.25, 0.3) is 0 Å². The van der Waals surface area contributed by atoms with Gasteiger partial charge in [0.25, 0.3) is 10.2 Å². The van der Waals surface area contributed by atoms with Gasteiger partial charge in [0, 0.05) is 19.3 Å². The van der Waals surface area contributed by atoms with Gasteiger partial charge in [-0.15, -0.1) is 0 Å². The highest BCUT2D eigenvalue weighted by Crippen LogP contribution is 2.19. The Morgan fingerprint density at radius 1 is 1.47 bits per heavy atom. The first kappa shape index (κ1) is 14.4. The molecule has 0 bridgehead atoms. The summed E-state index contributed by atoms with van der Waals surface area (Å²) in [7, 11) is -3.42. The van der Waals surface area contributed by atoms with Crippen LogP contribution in [0, 0.1) is 5.92 Å². The zero-order valence-electron chi connectivity index (χ0n) is 11.4. The summed E-state index contributed by atoms with van der Waals surface area (Å²) in [5.41, 5.74) is 0.733. The van der Waals surface area contributed by atoms with E-state index in [1.54, 1.807) is 10.5 Å². The summed E-state index contributed by atoms with van der Waals surface area (Å²) in [6.07, 6.45) is 3.70. The van der Waals surface area contributed by atoms with Crippen molar-refractivity contribution in [3.8, 4) is 0 Å². The highest BCUT2D eigenvalue weighted by Gasteiger charge is 2.28. The van der Waals surface area contributed by atoms with Crippen molar-refractivity contribution in [2.75, 3.05) is 13.1 Å². The molecule has 1 aromatic heterocycles. The molecule has 0 spiro atoms. The molecule has 6 heteroatoms. The Balaban J connectivity index is 2.04. The van der Waals surface area contributed by atoms with Crippen LogP contribution in [0.5, 0.6) is 0 Å². The van der Waals surface area contributed by atoms with Gasteiger partial charge in [0.15, 0.2) is 0 Å². The van der Waals surface area contributed by atoms with Crippen LogP contribution in [-0.4, -0.2) is 30.8 Å². The van der Waals surface area contributed by atoms with E-state index in [9.17, 15) is 8.42 Å². The van der Waals surface area contributed by atoms with E-state index in [0.717, 1.165) is 18.5 Å². The SMILES string of the molecule is CC1CCCN(S(=O)(=O)NC(C)c2ccccn2)C1. The van der Waals surface area contributed by atoms with Crippen LogP contribution in [-0.2, 0) is 10.2 Å². The van der Waals surface area contributed by atoms with E-state index in [1.165, 1.54) is 0 Å². The van der Waals surface area contributed by atoms with Gasteiger partial charge < -0.3 is 0 Å². The van der Waals surface area contributed by atoms with Gasteiger partial charge >= 0.3 is 0 Å². The lowest BCUT2D eigenvalue weighted by Gasteiger charge is -2.31. The molecule has 2 heterocycles. The van der Waals surface area contributed by atoms with Crippen molar-refractivity contribution < 1.29 is 8.42 Å². The maximum Gasteiger partial charge on any atom is 0.280 e. The monoisotopic (exact) mass is 283 g/mol. The van der Waals surface area contributed by atoms with Gasteiger partial charge in [-0.3, -0.25) is 4.98 Å². The Kier molecular flexibility index (Phi) is 4.54. The third-order valence-corrected chi connectivity index (χ3v) is 5.08. The molecule has 2 rings (SSSR count). The minimum absolute atomic E-state index is 0.316. The van der Waals surface area contributed by atoms with Crippen molar-refractivity contribution >= 4 is 10.2 Å².